The van der Waals surface area contributed by atoms with E-state index < -0.39 is 0 Å². The van der Waals surface area contributed by atoms with Crippen LogP contribution in [0.5, 0.6) is 0 Å². The molecule has 0 fully saturated rings. The summed E-state index contributed by atoms with van der Waals surface area (Å²) in [6, 6.07) is 16.9. The maximum atomic E-state index is 12.1. The molecule has 2 aromatic rings. The molecule has 5 nitrogen and oxygen atoms in total. The van der Waals surface area contributed by atoms with E-state index in [1.54, 1.807) is 36.2 Å². The van der Waals surface area contributed by atoms with Crippen molar-refractivity contribution in [1.82, 2.24) is 10.2 Å². The zero-order chi connectivity index (χ0) is 18.9. The molecule has 0 saturated carbocycles. The molecular formula is C20H24ClN3O2. The van der Waals surface area contributed by atoms with E-state index in [1.165, 1.54) is 5.56 Å². The van der Waals surface area contributed by atoms with E-state index in [4.69, 9.17) is 11.6 Å². The second-order valence-electron chi connectivity index (χ2n) is 6.34. The van der Waals surface area contributed by atoms with E-state index in [0.29, 0.717) is 17.3 Å². The molecule has 0 aliphatic rings. The van der Waals surface area contributed by atoms with Crippen molar-refractivity contribution in [3.63, 3.8) is 0 Å². The molecule has 6 heteroatoms. The average Bonchev–Trinajstić information content (AvgIpc) is 2.62. The van der Waals surface area contributed by atoms with Gasteiger partial charge in [-0.05, 0) is 42.8 Å². The molecule has 0 unspecified atom stereocenters. The van der Waals surface area contributed by atoms with Crippen molar-refractivity contribution in [3.05, 3.63) is 65.2 Å². The molecule has 2 rings (SSSR count). The number of benzene rings is 2. The van der Waals surface area contributed by atoms with Gasteiger partial charge in [0.15, 0.2) is 0 Å². The maximum absolute atomic E-state index is 12.1. The minimum atomic E-state index is -0.180. The number of amides is 2. The summed E-state index contributed by atoms with van der Waals surface area (Å²) in [5, 5.41) is 6.30. The van der Waals surface area contributed by atoms with Gasteiger partial charge >= 0.3 is 0 Å². The zero-order valence-corrected chi connectivity index (χ0v) is 15.8. The molecule has 2 N–H and O–H groups in total. The topological polar surface area (TPSA) is 61.4 Å². The SMILES string of the molecule is C[C@H](CNC(=O)CN(C)CC(=O)Nc1ccc(Cl)cc1)c1ccccc1. The van der Waals surface area contributed by atoms with E-state index in [-0.39, 0.29) is 30.8 Å². The fourth-order valence-corrected chi connectivity index (χ4v) is 2.63. The van der Waals surface area contributed by atoms with Gasteiger partial charge in [-0.1, -0.05) is 48.9 Å². The number of anilines is 1. The van der Waals surface area contributed by atoms with Crippen LogP contribution in [0.1, 0.15) is 18.4 Å². The molecule has 1 atom stereocenters. The molecule has 2 amide bonds. The third kappa shape index (κ3) is 6.86. The van der Waals surface area contributed by atoms with Crippen LogP contribution >= 0.6 is 11.6 Å². The molecule has 0 bridgehead atoms. The lowest BCUT2D eigenvalue weighted by atomic mass is 10.0. The van der Waals surface area contributed by atoms with E-state index >= 15 is 0 Å². The number of carbonyl (C=O) groups excluding carboxylic acids is 2. The highest BCUT2D eigenvalue weighted by Gasteiger charge is 2.12. The molecular weight excluding hydrogens is 350 g/mol. The fraction of sp³-hybridized carbons (Fsp3) is 0.300. The second-order valence-corrected chi connectivity index (χ2v) is 6.78. The lowest BCUT2D eigenvalue weighted by Crippen LogP contribution is -2.39. The number of nitrogens with one attached hydrogen (secondary N) is 2. The molecule has 0 radical (unpaired) electrons. The summed E-state index contributed by atoms with van der Waals surface area (Å²) in [5.41, 5.74) is 1.86. The van der Waals surface area contributed by atoms with Crippen molar-refractivity contribution in [1.29, 1.82) is 0 Å². The number of rotatable bonds is 8. The van der Waals surface area contributed by atoms with Gasteiger partial charge in [0, 0.05) is 17.3 Å². The fourth-order valence-electron chi connectivity index (χ4n) is 2.50. The van der Waals surface area contributed by atoms with Crippen LogP contribution in [0.2, 0.25) is 5.02 Å². The van der Waals surface area contributed by atoms with Crippen LogP contribution in [0, 0.1) is 0 Å². The van der Waals surface area contributed by atoms with Crippen LogP contribution in [0.25, 0.3) is 0 Å². The van der Waals surface area contributed by atoms with Gasteiger partial charge in [0.05, 0.1) is 13.1 Å². The van der Waals surface area contributed by atoms with Gasteiger partial charge < -0.3 is 10.6 Å². The average molecular weight is 374 g/mol. The minimum Gasteiger partial charge on any atom is -0.354 e. The lowest BCUT2D eigenvalue weighted by Gasteiger charge is -2.17. The third-order valence-corrected chi connectivity index (χ3v) is 4.18. The summed E-state index contributed by atoms with van der Waals surface area (Å²) in [6.07, 6.45) is 0. The van der Waals surface area contributed by atoms with Crippen LogP contribution in [0.15, 0.2) is 54.6 Å². The van der Waals surface area contributed by atoms with Crippen molar-refractivity contribution in [3.8, 4) is 0 Å². The summed E-state index contributed by atoms with van der Waals surface area (Å²) in [4.78, 5) is 25.8. The van der Waals surface area contributed by atoms with Gasteiger partial charge in [0.25, 0.3) is 0 Å². The zero-order valence-electron chi connectivity index (χ0n) is 15.0. The molecule has 0 spiro atoms. The van der Waals surface area contributed by atoms with Gasteiger partial charge in [-0.3, -0.25) is 14.5 Å². The van der Waals surface area contributed by atoms with Crippen molar-refractivity contribution in [2.24, 2.45) is 0 Å². The van der Waals surface area contributed by atoms with Crippen molar-refractivity contribution in [2.45, 2.75) is 12.8 Å². The molecule has 0 aliphatic carbocycles. The van der Waals surface area contributed by atoms with Crippen LogP contribution in [0.3, 0.4) is 0 Å². The van der Waals surface area contributed by atoms with Gasteiger partial charge in [-0.25, -0.2) is 0 Å². The Hall–Kier alpha value is -2.37. The number of halogens is 1. The number of likely N-dealkylation sites (N-methyl/N-ethyl adjacent to an activating group) is 1. The Morgan fingerprint density at radius 1 is 1.00 bits per heavy atom. The standard InChI is InChI=1S/C20H24ClN3O2/c1-15(16-6-4-3-5-7-16)12-22-19(25)13-24(2)14-20(26)23-18-10-8-17(21)9-11-18/h3-11,15H,12-14H2,1-2H3,(H,22,25)(H,23,26)/t15-/m1/s1. The van der Waals surface area contributed by atoms with E-state index in [2.05, 4.69) is 17.6 Å². The quantitative estimate of drug-likeness (QED) is 0.747. The first kappa shape index (κ1) is 19.9. The number of hydrogen-bond acceptors (Lipinski definition) is 3. The first-order valence-electron chi connectivity index (χ1n) is 8.49. The van der Waals surface area contributed by atoms with Crippen LogP contribution in [-0.2, 0) is 9.59 Å². The summed E-state index contributed by atoms with van der Waals surface area (Å²) < 4.78 is 0. The monoisotopic (exact) mass is 373 g/mol. The van der Waals surface area contributed by atoms with E-state index in [0.717, 1.165) is 0 Å². The normalized spacial score (nSPS) is 11.8. The van der Waals surface area contributed by atoms with E-state index in [1.807, 2.05) is 30.3 Å². The molecule has 0 heterocycles. The molecule has 0 saturated heterocycles. The van der Waals surface area contributed by atoms with Crippen molar-refractivity contribution in [2.75, 3.05) is 32.0 Å². The maximum Gasteiger partial charge on any atom is 0.238 e. The summed E-state index contributed by atoms with van der Waals surface area (Å²) in [6.45, 7) is 2.92. The molecule has 0 aliphatic heterocycles. The Kier molecular flexibility index (Phi) is 7.63. The van der Waals surface area contributed by atoms with Gasteiger partial charge in [-0.2, -0.15) is 0 Å². The summed E-state index contributed by atoms with van der Waals surface area (Å²) in [7, 11) is 1.74. The summed E-state index contributed by atoms with van der Waals surface area (Å²) in [5.74, 6) is -0.0477. The van der Waals surface area contributed by atoms with Crippen LogP contribution in [0.4, 0.5) is 5.69 Å². The Bertz CT molecular complexity index is 720. The number of hydrogen-bond donors (Lipinski definition) is 2. The first-order chi connectivity index (χ1) is 12.4. The summed E-state index contributed by atoms with van der Waals surface area (Å²) >= 11 is 5.82. The van der Waals surface area contributed by atoms with Crippen molar-refractivity contribution >= 4 is 29.1 Å². The second kappa shape index (κ2) is 9.94. The van der Waals surface area contributed by atoms with Gasteiger partial charge in [0.1, 0.15) is 0 Å². The minimum absolute atomic E-state index is 0.102. The molecule has 2 aromatic carbocycles. The Morgan fingerprint density at radius 2 is 1.62 bits per heavy atom. The predicted octanol–water partition coefficient (Wildman–Crippen LogP) is 3.13. The predicted molar refractivity (Wildman–Crippen MR) is 105 cm³/mol. The highest BCUT2D eigenvalue weighted by atomic mass is 35.5. The lowest BCUT2D eigenvalue weighted by molar-refractivity contribution is -0.123. The Labute approximate surface area is 159 Å². The van der Waals surface area contributed by atoms with E-state index in [9.17, 15) is 9.59 Å². The third-order valence-electron chi connectivity index (χ3n) is 3.93. The highest BCUT2D eigenvalue weighted by molar-refractivity contribution is 6.30. The molecule has 138 valence electrons. The number of nitrogens with zero attached hydrogens (tertiary/aromatic N) is 1. The molecule has 26 heavy (non-hydrogen) atoms. The largest absolute Gasteiger partial charge is 0.354 e. The first-order valence-corrected chi connectivity index (χ1v) is 8.87. The highest BCUT2D eigenvalue weighted by Crippen LogP contribution is 2.14. The van der Waals surface area contributed by atoms with Gasteiger partial charge in [-0.15, -0.1) is 0 Å². The Morgan fingerprint density at radius 3 is 2.27 bits per heavy atom. The smallest absolute Gasteiger partial charge is 0.238 e. The van der Waals surface area contributed by atoms with Gasteiger partial charge in [0.2, 0.25) is 11.8 Å². The Balaban J connectivity index is 1.71. The van der Waals surface area contributed by atoms with Crippen LogP contribution < -0.4 is 10.6 Å². The molecule has 0 aromatic heterocycles. The van der Waals surface area contributed by atoms with Crippen LogP contribution in [-0.4, -0.2) is 43.4 Å². The number of carbonyl (C=O) groups is 2. The van der Waals surface area contributed by atoms with Crippen molar-refractivity contribution < 1.29 is 9.59 Å².